The molecule has 0 fully saturated rings. The van der Waals surface area contributed by atoms with Gasteiger partial charge in [-0.15, -0.1) is 0 Å². The van der Waals surface area contributed by atoms with Crippen LogP contribution in [0, 0.1) is 5.82 Å². The average molecular weight is 304 g/mol. The Balaban J connectivity index is 2.02. The highest BCUT2D eigenvalue weighted by Crippen LogP contribution is 2.30. The lowest BCUT2D eigenvalue weighted by atomic mass is 10.00. The van der Waals surface area contributed by atoms with E-state index in [0.717, 1.165) is 11.3 Å². The number of anilines is 1. The van der Waals surface area contributed by atoms with Crippen LogP contribution >= 0.6 is 11.6 Å². The van der Waals surface area contributed by atoms with Crippen molar-refractivity contribution < 1.29 is 14.0 Å². The second-order valence-electron chi connectivity index (χ2n) is 4.90. The Labute approximate surface area is 125 Å². The first-order valence-electron chi connectivity index (χ1n) is 6.37. The van der Waals surface area contributed by atoms with Crippen LogP contribution in [0.4, 0.5) is 10.1 Å². The lowest BCUT2D eigenvalue weighted by Gasteiger charge is -2.10. The molecule has 0 aromatic heterocycles. The zero-order chi connectivity index (χ0) is 15.1. The van der Waals surface area contributed by atoms with Crippen LogP contribution in [0.1, 0.15) is 21.5 Å². The summed E-state index contributed by atoms with van der Waals surface area (Å²) < 4.78 is 13.4. The molecule has 0 saturated heterocycles. The van der Waals surface area contributed by atoms with E-state index >= 15 is 0 Å². The summed E-state index contributed by atoms with van der Waals surface area (Å²) >= 11 is 5.84. The molecule has 0 saturated carbocycles. The van der Waals surface area contributed by atoms with Gasteiger partial charge < -0.3 is 4.90 Å². The zero-order valence-electron chi connectivity index (χ0n) is 11.2. The molecule has 3 nitrogen and oxygen atoms in total. The van der Waals surface area contributed by atoms with Crippen molar-refractivity contribution in [2.75, 3.05) is 11.9 Å². The molecule has 1 aliphatic heterocycles. The quantitative estimate of drug-likeness (QED) is 0.799. The van der Waals surface area contributed by atoms with Crippen molar-refractivity contribution in [2.45, 2.75) is 6.42 Å². The summed E-state index contributed by atoms with van der Waals surface area (Å²) in [5.74, 6) is -0.999. The predicted octanol–water partition coefficient (Wildman–Crippen LogP) is 3.23. The summed E-state index contributed by atoms with van der Waals surface area (Å²) in [4.78, 5) is 25.6. The van der Waals surface area contributed by atoms with Gasteiger partial charge in [0, 0.05) is 23.9 Å². The molecule has 0 aliphatic carbocycles. The van der Waals surface area contributed by atoms with Crippen molar-refractivity contribution >= 4 is 29.0 Å². The molecule has 5 heteroatoms. The highest BCUT2D eigenvalue weighted by Gasteiger charge is 2.25. The molecule has 1 amide bonds. The monoisotopic (exact) mass is 303 g/mol. The van der Waals surface area contributed by atoms with E-state index in [4.69, 9.17) is 11.6 Å². The van der Waals surface area contributed by atoms with Crippen molar-refractivity contribution in [1.29, 1.82) is 0 Å². The average Bonchev–Trinajstić information content (AvgIpc) is 2.76. The Morgan fingerprint density at radius 2 is 2.05 bits per heavy atom. The van der Waals surface area contributed by atoms with E-state index in [2.05, 4.69) is 0 Å². The van der Waals surface area contributed by atoms with Gasteiger partial charge in [-0.2, -0.15) is 0 Å². The number of carbonyl (C=O) groups excluding carboxylic acids is 2. The Kier molecular flexibility index (Phi) is 3.26. The van der Waals surface area contributed by atoms with Crippen molar-refractivity contribution in [3.8, 4) is 0 Å². The number of hydrogen-bond donors (Lipinski definition) is 0. The maximum absolute atomic E-state index is 13.4. The highest BCUT2D eigenvalue weighted by atomic mass is 35.5. The number of halogens is 2. The second-order valence-corrected chi connectivity index (χ2v) is 5.28. The number of hydrogen-bond acceptors (Lipinski definition) is 2. The zero-order valence-corrected chi connectivity index (χ0v) is 11.9. The summed E-state index contributed by atoms with van der Waals surface area (Å²) in [5.41, 5.74) is 2.10. The van der Waals surface area contributed by atoms with Gasteiger partial charge in [0.05, 0.1) is 11.4 Å². The Morgan fingerprint density at radius 3 is 2.81 bits per heavy atom. The number of ketones is 1. The Morgan fingerprint density at radius 1 is 1.29 bits per heavy atom. The van der Waals surface area contributed by atoms with Crippen LogP contribution in [0.2, 0.25) is 5.02 Å². The molecule has 0 atom stereocenters. The number of benzene rings is 2. The topological polar surface area (TPSA) is 37.4 Å². The fraction of sp³-hybridized carbons (Fsp3) is 0.125. The van der Waals surface area contributed by atoms with Crippen LogP contribution < -0.4 is 4.90 Å². The minimum atomic E-state index is -0.626. The molecule has 1 heterocycles. The number of rotatable bonds is 2. The lowest BCUT2D eigenvalue weighted by molar-refractivity contribution is -0.117. The van der Waals surface area contributed by atoms with Gasteiger partial charge in [0.2, 0.25) is 5.91 Å². The predicted molar refractivity (Wildman–Crippen MR) is 78.4 cm³/mol. The molecular weight excluding hydrogens is 293 g/mol. The van der Waals surface area contributed by atoms with Gasteiger partial charge in [0.1, 0.15) is 5.82 Å². The number of likely N-dealkylation sites (N-methyl/N-ethyl adjacent to an activating group) is 1. The second kappa shape index (κ2) is 4.97. The smallest absolute Gasteiger partial charge is 0.231 e. The van der Waals surface area contributed by atoms with Gasteiger partial charge in [-0.3, -0.25) is 9.59 Å². The molecule has 0 bridgehead atoms. The van der Waals surface area contributed by atoms with E-state index in [9.17, 15) is 14.0 Å². The number of amides is 1. The first-order chi connectivity index (χ1) is 9.99. The van der Waals surface area contributed by atoms with Crippen molar-refractivity contribution in [3.05, 3.63) is 63.9 Å². The van der Waals surface area contributed by atoms with Gasteiger partial charge in [-0.05, 0) is 35.9 Å². The number of nitrogens with zero attached hydrogens (tertiary/aromatic N) is 1. The largest absolute Gasteiger partial charge is 0.315 e. The molecule has 0 radical (unpaired) electrons. The number of fused-ring (bicyclic) bond motifs is 1. The summed E-state index contributed by atoms with van der Waals surface area (Å²) in [6.07, 6.45) is 0.268. The van der Waals surface area contributed by atoms with E-state index in [0.29, 0.717) is 5.56 Å². The summed E-state index contributed by atoms with van der Waals surface area (Å²) in [6, 6.07) is 9.14. The third kappa shape index (κ3) is 2.21. The fourth-order valence-electron chi connectivity index (χ4n) is 2.45. The van der Waals surface area contributed by atoms with Crippen LogP contribution in [0.25, 0.3) is 0 Å². The van der Waals surface area contributed by atoms with E-state index < -0.39 is 5.82 Å². The third-order valence-electron chi connectivity index (χ3n) is 3.62. The molecule has 21 heavy (non-hydrogen) atoms. The minimum Gasteiger partial charge on any atom is -0.315 e. The summed E-state index contributed by atoms with van der Waals surface area (Å²) in [7, 11) is 1.69. The molecular formula is C16H11ClFNO2. The van der Waals surface area contributed by atoms with Crippen LogP contribution in [0.5, 0.6) is 0 Å². The van der Waals surface area contributed by atoms with E-state index in [1.54, 1.807) is 30.1 Å². The minimum absolute atomic E-state index is 0.0154. The first-order valence-corrected chi connectivity index (χ1v) is 6.75. The van der Waals surface area contributed by atoms with Gasteiger partial charge in [0.25, 0.3) is 0 Å². The molecule has 3 rings (SSSR count). The van der Waals surface area contributed by atoms with Gasteiger partial charge >= 0.3 is 0 Å². The van der Waals surface area contributed by atoms with E-state index in [1.807, 2.05) is 0 Å². The third-order valence-corrected chi connectivity index (χ3v) is 4.00. The fourth-order valence-corrected chi connectivity index (χ4v) is 2.66. The van der Waals surface area contributed by atoms with Gasteiger partial charge in [-0.1, -0.05) is 17.7 Å². The molecule has 0 spiro atoms. The van der Waals surface area contributed by atoms with E-state index in [-0.39, 0.29) is 28.7 Å². The normalized spacial score (nSPS) is 13.5. The molecule has 0 unspecified atom stereocenters. The van der Waals surface area contributed by atoms with Crippen LogP contribution in [0.3, 0.4) is 0 Å². The maximum atomic E-state index is 13.4. The highest BCUT2D eigenvalue weighted by molar-refractivity contribution is 6.35. The SMILES string of the molecule is CN1C(=O)Cc2cc(C(=O)c3cccc(F)c3Cl)ccc21. The van der Waals surface area contributed by atoms with Crippen molar-refractivity contribution in [3.63, 3.8) is 0 Å². The molecule has 2 aromatic carbocycles. The van der Waals surface area contributed by atoms with Gasteiger partial charge in [-0.25, -0.2) is 4.39 Å². The molecule has 106 valence electrons. The summed E-state index contributed by atoms with van der Waals surface area (Å²) in [6.45, 7) is 0. The molecule has 1 aliphatic rings. The van der Waals surface area contributed by atoms with Crippen LogP contribution in [-0.4, -0.2) is 18.7 Å². The number of carbonyl (C=O) groups is 2. The lowest BCUT2D eigenvalue weighted by Crippen LogP contribution is -2.20. The van der Waals surface area contributed by atoms with Crippen LogP contribution in [-0.2, 0) is 11.2 Å². The Bertz CT molecular complexity index is 773. The van der Waals surface area contributed by atoms with Crippen molar-refractivity contribution in [1.82, 2.24) is 0 Å². The first kappa shape index (κ1) is 13.8. The van der Waals surface area contributed by atoms with Gasteiger partial charge in [0.15, 0.2) is 5.78 Å². The summed E-state index contributed by atoms with van der Waals surface area (Å²) in [5, 5.41) is -0.184. The molecule has 2 aromatic rings. The molecule has 0 N–H and O–H groups in total. The van der Waals surface area contributed by atoms with E-state index in [1.165, 1.54) is 18.2 Å². The Hall–Kier alpha value is -2.20. The standard InChI is InChI=1S/C16H11ClFNO2/c1-19-13-6-5-9(7-10(13)8-14(19)20)16(21)11-3-2-4-12(18)15(11)17/h2-7H,8H2,1H3. The maximum Gasteiger partial charge on any atom is 0.231 e. The van der Waals surface area contributed by atoms with Crippen LogP contribution in [0.15, 0.2) is 36.4 Å². The van der Waals surface area contributed by atoms with Crippen molar-refractivity contribution in [2.24, 2.45) is 0 Å².